The summed E-state index contributed by atoms with van der Waals surface area (Å²) in [7, 11) is 1.44. The van der Waals surface area contributed by atoms with E-state index in [1.165, 1.54) is 39.6 Å². The van der Waals surface area contributed by atoms with Crippen molar-refractivity contribution in [3.8, 4) is 0 Å². The first-order valence-corrected chi connectivity index (χ1v) is 26.4. The average Bonchev–Trinajstić information content (AvgIpc) is 3.24. The van der Waals surface area contributed by atoms with Crippen LogP contribution in [0.4, 0.5) is 11.4 Å². The highest BCUT2D eigenvalue weighted by atomic mass is 127. The summed E-state index contributed by atoms with van der Waals surface area (Å²) in [5.41, 5.74) is 1.03. The molecule has 0 heterocycles. The maximum atomic E-state index is 13.3. The van der Waals surface area contributed by atoms with Crippen LogP contribution in [0.25, 0.3) is 0 Å². The van der Waals surface area contributed by atoms with Crippen molar-refractivity contribution in [2.24, 2.45) is 0 Å². The van der Waals surface area contributed by atoms with Gasteiger partial charge < -0.3 is 55.3 Å². The quantitative estimate of drug-likeness (QED) is 0.0417. The zero-order valence-electron chi connectivity index (χ0n) is 37.1. The predicted molar refractivity (Wildman–Crippen MR) is 296 cm³/mol. The van der Waals surface area contributed by atoms with Crippen molar-refractivity contribution in [2.45, 2.75) is 72.7 Å². The Morgan fingerprint density at radius 2 is 0.941 bits per heavy atom. The maximum absolute atomic E-state index is 13.3. The third-order valence-electron chi connectivity index (χ3n) is 8.30. The summed E-state index contributed by atoms with van der Waals surface area (Å²) in [6.07, 6.45) is -2.66. The number of rotatable bonds is 21. The Hall–Kier alpha value is -2.07. The fraction of sp³-hybridized carbons (Fsp3) is 0.450. The predicted octanol–water partition coefficient (Wildman–Crippen LogP) is 4.95. The van der Waals surface area contributed by atoms with Crippen LogP contribution in [0.3, 0.4) is 0 Å². The van der Waals surface area contributed by atoms with Gasteiger partial charge in [-0.1, -0.05) is 13.8 Å². The molecule has 376 valence electrons. The van der Waals surface area contributed by atoms with E-state index >= 15 is 0 Å². The summed E-state index contributed by atoms with van der Waals surface area (Å²) in [5.74, 6) is -4.76. The summed E-state index contributed by atoms with van der Waals surface area (Å²) in [6, 6.07) is 0. The molecule has 0 saturated heterocycles. The van der Waals surface area contributed by atoms with Gasteiger partial charge in [-0.2, -0.15) is 0 Å². The highest BCUT2D eigenvalue weighted by Gasteiger charge is 2.32. The number of hydrogen-bond acceptors (Lipinski definition) is 16. The molecule has 0 aliphatic rings. The van der Waals surface area contributed by atoms with Gasteiger partial charge in [0.1, 0.15) is 13.2 Å². The van der Waals surface area contributed by atoms with E-state index in [2.05, 4.69) is 21.3 Å². The van der Waals surface area contributed by atoms with Crippen molar-refractivity contribution in [1.29, 1.82) is 0 Å². The molecular formula is C40H46ClI6N5O16. The summed E-state index contributed by atoms with van der Waals surface area (Å²) >= 11 is 17.1. The first-order valence-electron chi connectivity index (χ1n) is 19.6. The van der Waals surface area contributed by atoms with Crippen molar-refractivity contribution in [1.82, 2.24) is 15.5 Å². The highest BCUT2D eigenvalue weighted by molar-refractivity contribution is 14.1. The lowest BCUT2D eigenvalue weighted by Gasteiger charge is -2.24. The Labute approximate surface area is 477 Å². The number of carbonyl (C=O) groups excluding carboxylic acids is 10. The molecule has 68 heavy (non-hydrogen) atoms. The Kier molecular flexibility index (Phi) is 29.5. The summed E-state index contributed by atoms with van der Waals surface area (Å²) in [6.45, 7) is 6.55. The number of likely N-dealkylation sites (N-methyl/N-ethyl adjacent to an activating group) is 1. The molecule has 0 radical (unpaired) electrons. The fourth-order valence-electron chi connectivity index (χ4n) is 5.16. The molecule has 3 atom stereocenters. The van der Waals surface area contributed by atoms with Crippen molar-refractivity contribution in [3.05, 3.63) is 43.7 Å². The number of anilines is 2. The van der Waals surface area contributed by atoms with Crippen LogP contribution in [0.2, 0.25) is 0 Å². The number of aliphatic hydroxyl groups excluding tert-OH is 2. The number of nitrogens with one attached hydrogen (secondary N) is 4. The smallest absolute Gasteiger partial charge is 0.303 e. The second-order valence-corrected chi connectivity index (χ2v) is 20.5. The Bertz CT molecular complexity index is 2290. The number of ether oxygens (including phenoxy) is 4. The van der Waals surface area contributed by atoms with E-state index in [4.69, 9.17) is 35.7 Å². The second kappa shape index (κ2) is 31.4. The van der Waals surface area contributed by atoms with E-state index in [0.717, 1.165) is 0 Å². The molecule has 0 aromatic heterocycles. The van der Waals surface area contributed by atoms with Gasteiger partial charge in [0, 0.05) is 61.3 Å². The average molecular weight is 1650 g/mol. The van der Waals surface area contributed by atoms with Crippen LogP contribution in [0.15, 0.2) is 0 Å². The molecule has 0 bridgehead atoms. The lowest BCUT2D eigenvalue weighted by molar-refractivity contribution is -0.155. The van der Waals surface area contributed by atoms with Gasteiger partial charge in [0.2, 0.25) is 11.8 Å². The number of aliphatic hydroxyl groups is 2. The second-order valence-electron chi connectivity index (χ2n) is 13.7. The molecule has 0 fully saturated rings. The van der Waals surface area contributed by atoms with Crippen LogP contribution in [-0.2, 0) is 47.7 Å². The third kappa shape index (κ3) is 20.2. The molecule has 0 aliphatic carbocycles. The van der Waals surface area contributed by atoms with Crippen molar-refractivity contribution in [3.63, 3.8) is 0 Å². The Balaban J connectivity index is 0.000000691. The number of benzene rings is 2. The van der Waals surface area contributed by atoms with Crippen molar-refractivity contribution < 1.29 is 77.1 Å². The van der Waals surface area contributed by atoms with Gasteiger partial charge in [-0.05, 0) is 147 Å². The van der Waals surface area contributed by atoms with E-state index in [0.29, 0.717) is 23.5 Å². The van der Waals surface area contributed by atoms with E-state index < -0.39 is 71.8 Å². The van der Waals surface area contributed by atoms with Gasteiger partial charge in [0.05, 0.1) is 73.7 Å². The molecule has 3 unspecified atom stereocenters. The van der Waals surface area contributed by atoms with Crippen LogP contribution in [0, 0.1) is 21.4 Å². The van der Waals surface area contributed by atoms with Crippen molar-refractivity contribution >= 4 is 217 Å². The van der Waals surface area contributed by atoms with Crippen molar-refractivity contribution in [2.75, 3.05) is 57.1 Å². The fourth-order valence-corrected chi connectivity index (χ4v) is 14.5. The molecule has 6 N–H and O–H groups in total. The van der Waals surface area contributed by atoms with Crippen LogP contribution < -0.4 is 21.3 Å². The van der Waals surface area contributed by atoms with Gasteiger partial charge in [0.15, 0.2) is 12.2 Å². The number of amides is 5. The maximum Gasteiger partial charge on any atom is 0.303 e. The molecule has 21 nitrogen and oxygen atoms in total. The minimum absolute atomic E-state index is 0.0938. The van der Waals surface area contributed by atoms with E-state index in [1.54, 1.807) is 13.8 Å². The largest absolute Gasteiger partial charge is 0.462 e. The number of esters is 4. The van der Waals surface area contributed by atoms with E-state index in [-0.39, 0.29) is 89.0 Å². The Morgan fingerprint density at radius 1 is 0.588 bits per heavy atom. The van der Waals surface area contributed by atoms with Crippen LogP contribution in [0.5, 0.6) is 0 Å². The first-order chi connectivity index (χ1) is 31.6. The standard InChI is InChI=1S/C22H28I3N3O9.C18H18ClI3N2O7/c1-5-14(33)27-20-18(24)15(21(34)26-6-13(37-11(3)31)9-36-10(2)30)17(23)16(19(20)25)22(35)28(4)7-12(32)8-29;1-4-10(27)24-16-14(21)11(17(19)28)13(20)12(15(16)22)18(29)23-5-9(31-8(3)26)6-30-7(2)25/h12-13,29,32H,5-9H2,1-4H3,(H,26,34)(H,27,33);9H,4-6H2,1-3H3,(H,23,29)(H,24,27). The van der Waals surface area contributed by atoms with Gasteiger partial charge in [-0.3, -0.25) is 47.9 Å². The third-order valence-corrected chi connectivity index (χ3v) is 15.0. The van der Waals surface area contributed by atoms with Gasteiger partial charge in [-0.15, -0.1) is 0 Å². The highest BCUT2D eigenvalue weighted by Crippen LogP contribution is 2.38. The number of carbonyl (C=O) groups is 10. The monoisotopic (exact) mass is 1650 g/mol. The summed E-state index contributed by atoms with van der Waals surface area (Å²) < 4.78 is 22.1. The van der Waals surface area contributed by atoms with Crippen LogP contribution >= 0.6 is 147 Å². The zero-order valence-corrected chi connectivity index (χ0v) is 50.8. The van der Waals surface area contributed by atoms with E-state index in [1.807, 2.05) is 136 Å². The normalized spacial score (nSPS) is 11.8. The number of nitrogens with zero attached hydrogens (tertiary/aromatic N) is 1. The summed E-state index contributed by atoms with van der Waals surface area (Å²) in [5, 5.41) is 28.8. The molecule has 0 spiro atoms. The lowest BCUT2D eigenvalue weighted by atomic mass is 10.1. The molecule has 28 heteroatoms. The molecule has 0 aliphatic heterocycles. The molecule has 2 rings (SSSR count). The van der Waals surface area contributed by atoms with Gasteiger partial charge in [-0.25, -0.2) is 0 Å². The minimum atomic E-state index is -1.16. The van der Waals surface area contributed by atoms with E-state index in [9.17, 15) is 53.1 Å². The molecule has 2 aromatic carbocycles. The topological polar surface area (TPSA) is 299 Å². The SMILES string of the molecule is CCC(=O)Nc1c(I)c(C(=O)Cl)c(I)c(C(=O)NCC(COC(C)=O)OC(C)=O)c1I.CCC(=O)Nc1c(I)c(C(=O)NCC(COC(C)=O)OC(C)=O)c(I)c(C(=O)N(C)CC(O)CO)c1I. The molecular weight excluding hydrogens is 1600 g/mol. The van der Waals surface area contributed by atoms with Gasteiger partial charge in [0.25, 0.3) is 23.0 Å². The molecule has 0 saturated carbocycles. The summed E-state index contributed by atoms with van der Waals surface area (Å²) in [4.78, 5) is 122. The van der Waals surface area contributed by atoms with Gasteiger partial charge >= 0.3 is 23.9 Å². The first kappa shape index (κ1) is 63.9. The van der Waals surface area contributed by atoms with Crippen LogP contribution in [0.1, 0.15) is 95.8 Å². The molecule has 5 amide bonds. The van der Waals surface area contributed by atoms with Crippen LogP contribution in [-0.4, -0.2) is 139 Å². The number of hydrogen-bond donors (Lipinski definition) is 6. The minimum Gasteiger partial charge on any atom is -0.462 e. The zero-order chi connectivity index (χ0) is 52.3. The Morgan fingerprint density at radius 3 is 1.26 bits per heavy atom. The lowest BCUT2D eigenvalue weighted by Crippen LogP contribution is -2.39. The molecule has 2 aromatic rings. The number of halogens is 7.